The van der Waals surface area contributed by atoms with Crippen LogP contribution in [0.5, 0.6) is 11.5 Å². The van der Waals surface area contributed by atoms with Crippen molar-refractivity contribution in [2.24, 2.45) is 5.73 Å². The van der Waals surface area contributed by atoms with E-state index in [2.05, 4.69) is 5.32 Å². The Balaban J connectivity index is 1.83. The number of rotatable bonds is 10. The molecule has 0 saturated heterocycles. The lowest BCUT2D eigenvalue weighted by Gasteiger charge is -2.15. The summed E-state index contributed by atoms with van der Waals surface area (Å²) in [6, 6.07) is 13.0. The van der Waals surface area contributed by atoms with Crippen molar-refractivity contribution in [1.29, 1.82) is 0 Å². The summed E-state index contributed by atoms with van der Waals surface area (Å²) in [6.07, 6.45) is 0.518. The van der Waals surface area contributed by atoms with Gasteiger partial charge < -0.3 is 15.8 Å². The summed E-state index contributed by atoms with van der Waals surface area (Å²) in [5.74, 6) is 0.381. The zero-order chi connectivity index (χ0) is 21.4. The number of nitrogens with two attached hydrogens (primary N) is 1. The van der Waals surface area contributed by atoms with Gasteiger partial charge in [0.25, 0.3) is 5.91 Å². The van der Waals surface area contributed by atoms with Gasteiger partial charge >= 0.3 is 0 Å². The maximum Gasteiger partial charge on any atom is 0.251 e. The van der Waals surface area contributed by atoms with E-state index < -0.39 is 15.9 Å². The molecule has 0 aromatic heterocycles. The number of sulfonamides is 1. The molecular weight excluding hydrogens is 394 g/mol. The predicted molar refractivity (Wildman–Crippen MR) is 111 cm³/mol. The Bertz CT molecular complexity index is 941. The molecule has 0 saturated carbocycles. The molecule has 8 nitrogen and oxygen atoms in total. The van der Waals surface area contributed by atoms with Crippen molar-refractivity contribution in [2.75, 3.05) is 25.9 Å². The highest BCUT2D eigenvalue weighted by Crippen LogP contribution is 2.22. The monoisotopic (exact) mass is 419 g/mol. The Morgan fingerprint density at radius 2 is 1.52 bits per heavy atom. The van der Waals surface area contributed by atoms with E-state index in [1.54, 1.807) is 55.5 Å². The molecule has 2 aromatic rings. The molecule has 2 amide bonds. The highest BCUT2D eigenvalue weighted by Gasteiger charge is 2.14. The lowest BCUT2D eigenvalue weighted by atomic mass is 10.2. The fourth-order valence-corrected chi connectivity index (χ4v) is 3.31. The van der Waals surface area contributed by atoms with E-state index >= 15 is 0 Å². The van der Waals surface area contributed by atoms with Crippen LogP contribution in [-0.4, -0.2) is 50.4 Å². The number of amides is 2. The smallest absolute Gasteiger partial charge is 0.251 e. The van der Waals surface area contributed by atoms with E-state index in [9.17, 15) is 18.0 Å². The van der Waals surface area contributed by atoms with Crippen LogP contribution in [0.25, 0.3) is 0 Å². The molecule has 0 bridgehead atoms. The van der Waals surface area contributed by atoms with E-state index in [0.717, 1.165) is 0 Å². The van der Waals surface area contributed by atoms with Gasteiger partial charge in [0.15, 0.2) is 0 Å². The van der Waals surface area contributed by atoms with Crippen LogP contribution in [0.4, 0.5) is 0 Å². The molecule has 156 valence electrons. The quantitative estimate of drug-likeness (QED) is 0.571. The van der Waals surface area contributed by atoms with Crippen molar-refractivity contribution in [3.8, 4) is 11.5 Å². The van der Waals surface area contributed by atoms with Crippen LogP contribution in [0.2, 0.25) is 0 Å². The van der Waals surface area contributed by atoms with Crippen LogP contribution in [0.15, 0.2) is 48.5 Å². The largest absolute Gasteiger partial charge is 0.457 e. The van der Waals surface area contributed by atoms with E-state index in [1.807, 2.05) is 0 Å². The molecular formula is C20H25N3O5S. The Hall–Kier alpha value is -2.91. The first-order valence-electron chi connectivity index (χ1n) is 9.13. The topological polar surface area (TPSA) is 119 Å². The van der Waals surface area contributed by atoms with Gasteiger partial charge in [0.1, 0.15) is 11.5 Å². The standard InChI is InChI=1S/C20H25N3O5S/c1-3-29(26,27)23(2)14-4-13-22-20(25)16-7-11-18(12-8-16)28-17-9-5-15(6-10-17)19(21)24/h5-12H,3-4,13-14H2,1-2H3,(H2,21,24)(H,22,25). The van der Waals surface area contributed by atoms with E-state index in [0.29, 0.717) is 42.1 Å². The molecule has 0 spiro atoms. The number of hydrogen-bond donors (Lipinski definition) is 2. The second-order valence-electron chi connectivity index (χ2n) is 6.35. The molecule has 0 aliphatic carbocycles. The summed E-state index contributed by atoms with van der Waals surface area (Å²) in [6.45, 7) is 2.31. The molecule has 0 unspecified atom stereocenters. The average molecular weight is 420 g/mol. The predicted octanol–water partition coefficient (Wildman–Crippen LogP) is 1.98. The van der Waals surface area contributed by atoms with Gasteiger partial charge in [-0.15, -0.1) is 0 Å². The first-order valence-corrected chi connectivity index (χ1v) is 10.7. The number of nitrogens with zero attached hydrogens (tertiary/aromatic N) is 1. The van der Waals surface area contributed by atoms with Gasteiger partial charge in [-0.1, -0.05) is 0 Å². The molecule has 2 aromatic carbocycles. The summed E-state index contributed by atoms with van der Waals surface area (Å²) < 4.78 is 30.3. The minimum absolute atomic E-state index is 0.0551. The Morgan fingerprint density at radius 3 is 2.00 bits per heavy atom. The maximum atomic E-state index is 12.2. The van der Waals surface area contributed by atoms with Gasteiger partial charge in [-0.2, -0.15) is 0 Å². The molecule has 0 fully saturated rings. The van der Waals surface area contributed by atoms with Crippen molar-refractivity contribution in [3.63, 3.8) is 0 Å². The second-order valence-corrected chi connectivity index (χ2v) is 8.71. The van der Waals surface area contributed by atoms with Gasteiger partial charge in [0, 0.05) is 31.3 Å². The summed E-state index contributed by atoms with van der Waals surface area (Å²) in [5.41, 5.74) is 6.06. The average Bonchev–Trinajstić information content (AvgIpc) is 2.71. The number of carbonyl (C=O) groups excluding carboxylic acids is 2. The van der Waals surface area contributed by atoms with Crippen molar-refractivity contribution >= 4 is 21.8 Å². The zero-order valence-electron chi connectivity index (χ0n) is 16.4. The molecule has 3 N–H and O–H groups in total. The van der Waals surface area contributed by atoms with Gasteiger partial charge in [-0.3, -0.25) is 9.59 Å². The Labute approximate surface area is 170 Å². The third-order valence-corrected chi connectivity index (χ3v) is 6.13. The van der Waals surface area contributed by atoms with Crippen molar-refractivity contribution in [2.45, 2.75) is 13.3 Å². The minimum atomic E-state index is -3.20. The molecule has 2 rings (SSSR count). The summed E-state index contributed by atoms with van der Waals surface area (Å²) >= 11 is 0. The molecule has 29 heavy (non-hydrogen) atoms. The van der Waals surface area contributed by atoms with Crippen molar-refractivity contribution < 1.29 is 22.7 Å². The SMILES string of the molecule is CCS(=O)(=O)N(C)CCCNC(=O)c1ccc(Oc2ccc(C(N)=O)cc2)cc1. The van der Waals surface area contributed by atoms with Gasteiger partial charge in [-0.05, 0) is 61.9 Å². The fraction of sp³-hybridized carbons (Fsp3) is 0.300. The van der Waals surface area contributed by atoms with Gasteiger partial charge in [-0.25, -0.2) is 12.7 Å². The zero-order valence-corrected chi connectivity index (χ0v) is 17.2. The number of carbonyl (C=O) groups is 2. The van der Waals surface area contributed by atoms with Crippen molar-refractivity contribution in [1.82, 2.24) is 9.62 Å². The van der Waals surface area contributed by atoms with E-state index in [4.69, 9.17) is 10.5 Å². The van der Waals surface area contributed by atoms with Gasteiger partial charge in [0.05, 0.1) is 5.75 Å². The van der Waals surface area contributed by atoms with E-state index in [-0.39, 0.29) is 11.7 Å². The number of primary amides is 1. The van der Waals surface area contributed by atoms with Crippen LogP contribution < -0.4 is 15.8 Å². The molecule has 0 heterocycles. The maximum absolute atomic E-state index is 12.2. The van der Waals surface area contributed by atoms with Crippen LogP contribution in [0.1, 0.15) is 34.1 Å². The minimum Gasteiger partial charge on any atom is -0.457 e. The third-order valence-electron chi connectivity index (χ3n) is 4.27. The lowest BCUT2D eigenvalue weighted by molar-refractivity contribution is 0.0951. The molecule has 0 aliphatic heterocycles. The van der Waals surface area contributed by atoms with Crippen LogP contribution in [-0.2, 0) is 10.0 Å². The van der Waals surface area contributed by atoms with Crippen LogP contribution >= 0.6 is 0 Å². The highest BCUT2D eigenvalue weighted by molar-refractivity contribution is 7.89. The second kappa shape index (κ2) is 10.0. The molecule has 0 aliphatic rings. The first-order chi connectivity index (χ1) is 13.7. The number of hydrogen-bond acceptors (Lipinski definition) is 5. The lowest BCUT2D eigenvalue weighted by Crippen LogP contribution is -2.32. The fourth-order valence-electron chi connectivity index (χ4n) is 2.46. The summed E-state index contributed by atoms with van der Waals surface area (Å²) in [4.78, 5) is 23.3. The molecule has 0 radical (unpaired) electrons. The first kappa shape index (κ1) is 22.4. The highest BCUT2D eigenvalue weighted by atomic mass is 32.2. The Kier molecular flexibility index (Phi) is 7.74. The van der Waals surface area contributed by atoms with Gasteiger partial charge in [0.2, 0.25) is 15.9 Å². The summed E-state index contributed by atoms with van der Waals surface area (Å²) in [5, 5.41) is 2.76. The number of nitrogens with one attached hydrogen (secondary N) is 1. The van der Waals surface area contributed by atoms with E-state index in [1.165, 1.54) is 11.4 Å². The van der Waals surface area contributed by atoms with Crippen LogP contribution in [0.3, 0.4) is 0 Å². The van der Waals surface area contributed by atoms with Crippen molar-refractivity contribution in [3.05, 3.63) is 59.7 Å². The molecule has 9 heteroatoms. The number of ether oxygens (including phenoxy) is 1. The Morgan fingerprint density at radius 1 is 1.00 bits per heavy atom. The van der Waals surface area contributed by atoms with Crippen LogP contribution in [0, 0.1) is 0 Å². The number of benzene rings is 2. The normalized spacial score (nSPS) is 11.3. The summed E-state index contributed by atoms with van der Waals surface area (Å²) in [7, 11) is -1.68. The molecule has 0 atom stereocenters. The third kappa shape index (κ3) is 6.58.